The molecule has 0 saturated carbocycles. The van der Waals surface area contributed by atoms with Gasteiger partial charge in [-0.2, -0.15) is 0 Å². The molecule has 0 amide bonds. The van der Waals surface area contributed by atoms with E-state index in [2.05, 4.69) is 4.74 Å². The molecule has 0 aliphatic carbocycles. The van der Waals surface area contributed by atoms with Crippen LogP contribution in [0.5, 0.6) is 0 Å². The number of hydrogen-bond donors (Lipinski definition) is 1. The minimum Gasteiger partial charge on any atom is -0.469 e. The van der Waals surface area contributed by atoms with Crippen molar-refractivity contribution in [2.75, 3.05) is 32.2 Å². The standard InChI is InChI=1S/C10H19NO5S/c1-11(5-3-4-10(13)16-2)8-6-17(14,15)7-9(8)12/h8-9,12H,3-7H2,1-2H3. The first kappa shape index (κ1) is 14.4. The van der Waals surface area contributed by atoms with Crippen LogP contribution < -0.4 is 0 Å². The highest BCUT2D eigenvalue weighted by Crippen LogP contribution is 2.17. The lowest BCUT2D eigenvalue weighted by molar-refractivity contribution is -0.140. The monoisotopic (exact) mass is 265 g/mol. The Labute approximate surface area is 101 Å². The number of likely N-dealkylation sites (N-methyl/N-ethyl adjacent to an activating group) is 1. The summed E-state index contributed by atoms with van der Waals surface area (Å²) in [6.07, 6.45) is 0.0613. The zero-order chi connectivity index (χ0) is 13.1. The summed E-state index contributed by atoms with van der Waals surface area (Å²) in [5.41, 5.74) is 0. The molecule has 0 aromatic rings. The molecule has 1 aliphatic rings. The van der Waals surface area contributed by atoms with E-state index in [1.54, 1.807) is 11.9 Å². The molecule has 1 fully saturated rings. The van der Waals surface area contributed by atoms with Crippen LogP contribution in [0.4, 0.5) is 0 Å². The van der Waals surface area contributed by atoms with Gasteiger partial charge < -0.3 is 9.84 Å². The summed E-state index contributed by atoms with van der Waals surface area (Å²) < 4.78 is 27.2. The summed E-state index contributed by atoms with van der Waals surface area (Å²) in [4.78, 5) is 12.7. The summed E-state index contributed by atoms with van der Waals surface area (Å²) in [5, 5.41) is 9.64. The molecule has 0 radical (unpaired) electrons. The molecule has 100 valence electrons. The molecule has 0 aromatic heterocycles. The minimum atomic E-state index is -3.12. The van der Waals surface area contributed by atoms with Crippen molar-refractivity contribution in [2.24, 2.45) is 0 Å². The van der Waals surface area contributed by atoms with E-state index in [1.807, 2.05) is 0 Å². The second kappa shape index (κ2) is 5.79. The molecule has 2 unspecified atom stereocenters. The largest absolute Gasteiger partial charge is 0.469 e. The first-order chi connectivity index (χ1) is 7.85. The van der Waals surface area contributed by atoms with E-state index in [0.29, 0.717) is 19.4 Å². The zero-order valence-corrected chi connectivity index (χ0v) is 10.9. The quantitative estimate of drug-likeness (QED) is 0.644. The van der Waals surface area contributed by atoms with Crippen LogP contribution in [0.3, 0.4) is 0 Å². The first-order valence-corrected chi connectivity index (χ1v) is 7.33. The Hall–Kier alpha value is -0.660. The summed E-state index contributed by atoms with van der Waals surface area (Å²) in [6.45, 7) is 0.562. The normalized spacial score (nSPS) is 27.3. The predicted octanol–water partition coefficient (Wildman–Crippen LogP) is -0.971. The van der Waals surface area contributed by atoms with E-state index < -0.39 is 15.9 Å². The van der Waals surface area contributed by atoms with Crippen LogP contribution in [0.15, 0.2) is 0 Å². The molecule has 0 spiro atoms. The number of rotatable bonds is 5. The molecule has 17 heavy (non-hydrogen) atoms. The van der Waals surface area contributed by atoms with Crippen LogP contribution in [0.2, 0.25) is 0 Å². The van der Waals surface area contributed by atoms with Gasteiger partial charge in [0.1, 0.15) is 0 Å². The predicted molar refractivity (Wildman–Crippen MR) is 62.3 cm³/mol. The Bertz CT molecular complexity index is 367. The Morgan fingerprint density at radius 3 is 2.59 bits per heavy atom. The highest BCUT2D eigenvalue weighted by molar-refractivity contribution is 7.91. The maximum Gasteiger partial charge on any atom is 0.305 e. The van der Waals surface area contributed by atoms with Crippen molar-refractivity contribution in [1.29, 1.82) is 0 Å². The lowest BCUT2D eigenvalue weighted by Gasteiger charge is -2.25. The smallest absolute Gasteiger partial charge is 0.305 e. The fourth-order valence-corrected chi connectivity index (χ4v) is 3.85. The van der Waals surface area contributed by atoms with Crippen LogP contribution in [-0.2, 0) is 19.4 Å². The minimum absolute atomic E-state index is 0.0110. The SMILES string of the molecule is COC(=O)CCCN(C)C1CS(=O)(=O)CC1O. The molecule has 2 atom stereocenters. The van der Waals surface area contributed by atoms with Gasteiger partial charge in [0.15, 0.2) is 9.84 Å². The van der Waals surface area contributed by atoms with Gasteiger partial charge in [-0.1, -0.05) is 0 Å². The average Bonchev–Trinajstić information content (AvgIpc) is 2.51. The number of esters is 1. The first-order valence-electron chi connectivity index (χ1n) is 5.51. The number of methoxy groups -OCH3 is 1. The number of carbonyl (C=O) groups excluding carboxylic acids is 1. The van der Waals surface area contributed by atoms with E-state index in [4.69, 9.17) is 0 Å². The topological polar surface area (TPSA) is 83.9 Å². The van der Waals surface area contributed by atoms with E-state index in [1.165, 1.54) is 7.11 Å². The van der Waals surface area contributed by atoms with Gasteiger partial charge in [0, 0.05) is 6.42 Å². The molecule has 6 nitrogen and oxygen atoms in total. The molecule has 1 saturated heterocycles. The van der Waals surface area contributed by atoms with Gasteiger partial charge >= 0.3 is 5.97 Å². The number of sulfone groups is 1. The van der Waals surface area contributed by atoms with Crippen molar-refractivity contribution in [3.8, 4) is 0 Å². The van der Waals surface area contributed by atoms with Gasteiger partial charge in [-0.05, 0) is 20.0 Å². The Morgan fingerprint density at radius 2 is 2.12 bits per heavy atom. The third-order valence-electron chi connectivity index (χ3n) is 2.98. The summed E-state index contributed by atoms with van der Waals surface area (Å²) in [7, 11) is -0.0304. The van der Waals surface area contributed by atoms with Crippen LogP contribution in [0, 0.1) is 0 Å². The molecule has 1 aliphatic heterocycles. The molecule has 0 bridgehead atoms. The van der Waals surface area contributed by atoms with Crippen molar-refractivity contribution in [1.82, 2.24) is 4.90 Å². The van der Waals surface area contributed by atoms with Crippen molar-refractivity contribution in [2.45, 2.75) is 25.0 Å². The van der Waals surface area contributed by atoms with Crippen LogP contribution in [0.1, 0.15) is 12.8 Å². The Balaban J connectivity index is 2.38. The lowest BCUT2D eigenvalue weighted by atomic mass is 10.2. The maximum absolute atomic E-state index is 11.3. The van der Waals surface area contributed by atoms with Crippen molar-refractivity contribution in [3.05, 3.63) is 0 Å². The number of nitrogens with zero attached hydrogens (tertiary/aromatic N) is 1. The van der Waals surface area contributed by atoms with E-state index in [0.717, 1.165) is 0 Å². The van der Waals surface area contributed by atoms with E-state index in [9.17, 15) is 18.3 Å². The van der Waals surface area contributed by atoms with Gasteiger partial charge in [0.2, 0.25) is 0 Å². The number of aliphatic hydroxyl groups is 1. The third-order valence-corrected chi connectivity index (χ3v) is 4.68. The highest BCUT2D eigenvalue weighted by Gasteiger charge is 2.38. The van der Waals surface area contributed by atoms with Crippen LogP contribution >= 0.6 is 0 Å². The van der Waals surface area contributed by atoms with Gasteiger partial charge in [0.05, 0.1) is 30.8 Å². The van der Waals surface area contributed by atoms with Crippen molar-refractivity contribution < 1.29 is 23.1 Å². The van der Waals surface area contributed by atoms with Crippen molar-refractivity contribution >= 4 is 15.8 Å². The number of ether oxygens (including phenoxy) is 1. The molecule has 1 N–H and O–H groups in total. The van der Waals surface area contributed by atoms with Gasteiger partial charge in [-0.3, -0.25) is 9.69 Å². The summed E-state index contributed by atoms with van der Waals surface area (Å²) in [5.74, 6) is -0.458. The van der Waals surface area contributed by atoms with Crippen LogP contribution in [0.25, 0.3) is 0 Å². The van der Waals surface area contributed by atoms with Gasteiger partial charge in [-0.15, -0.1) is 0 Å². The molecule has 0 aromatic carbocycles. The molecular formula is C10H19NO5S. The van der Waals surface area contributed by atoms with Crippen LogP contribution in [-0.4, -0.2) is 68.7 Å². The lowest BCUT2D eigenvalue weighted by Crippen LogP contribution is -2.41. The molecule has 1 rings (SSSR count). The number of aliphatic hydroxyl groups excluding tert-OH is 1. The van der Waals surface area contributed by atoms with Crippen molar-refractivity contribution in [3.63, 3.8) is 0 Å². The fraction of sp³-hybridized carbons (Fsp3) is 0.900. The molecular weight excluding hydrogens is 246 g/mol. The third kappa shape index (κ3) is 4.25. The van der Waals surface area contributed by atoms with Gasteiger partial charge in [0.25, 0.3) is 0 Å². The van der Waals surface area contributed by atoms with E-state index >= 15 is 0 Å². The number of hydrogen-bond acceptors (Lipinski definition) is 6. The Kier molecular flexibility index (Phi) is 4.91. The summed E-state index contributed by atoms with van der Waals surface area (Å²) >= 11 is 0. The molecule has 7 heteroatoms. The Morgan fingerprint density at radius 1 is 1.47 bits per heavy atom. The maximum atomic E-state index is 11.3. The zero-order valence-electron chi connectivity index (χ0n) is 10.1. The second-order valence-electron chi connectivity index (χ2n) is 4.37. The fourth-order valence-electron chi connectivity index (χ4n) is 1.97. The second-order valence-corrected chi connectivity index (χ2v) is 6.53. The molecule has 1 heterocycles. The highest BCUT2D eigenvalue weighted by atomic mass is 32.2. The average molecular weight is 265 g/mol. The summed E-state index contributed by atoms with van der Waals surface area (Å²) in [6, 6.07) is -0.363. The number of carbonyl (C=O) groups is 1. The van der Waals surface area contributed by atoms with E-state index in [-0.39, 0.29) is 23.5 Å². The van der Waals surface area contributed by atoms with Gasteiger partial charge in [-0.25, -0.2) is 8.42 Å².